The molecule has 3 amide bonds. The highest BCUT2D eigenvalue weighted by Gasteiger charge is 2.54. The summed E-state index contributed by atoms with van der Waals surface area (Å²) >= 11 is 1.12. The third-order valence-electron chi connectivity index (χ3n) is 7.33. The van der Waals surface area contributed by atoms with E-state index in [1.54, 1.807) is 0 Å². The van der Waals surface area contributed by atoms with Gasteiger partial charge in [0.1, 0.15) is 53.1 Å². The second kappa shape index (κ2) is 14.1. The van der Waals surface area contributed by atoms with Crippen molar-refractivity contribution in [2.24, 2.45) is 0 Å². The Morgan fingerprint density at radius 1 is 1.00 bits per heavy atom. The van der Waals surface area contributed by atoms with Gasteiger partial charge in [0, 0.05) is 38.2 Å². The largest absolute Gasteiger partial charge is 0.508 e. The molecule has 50 heavy (non-hydrogen) atoms. The van der Waals surface area contributed by atoms with Crippen LogP contribution >= 0.6 is 11.8 Å². The van der Waals surface area contributed by atoms with Crippen LogP contribution in [0.5, 0.6) is 17.2 Å². The van der Waals surface area contributed by atoms with Crippen LogP contribution in [0.4, 0.5) is 0 Å². The summed E-state index contributed by atoms with van der Waals surface area (Å²) in [6, 6.07) is 4.56. The number of esters is 3. The summed E-state index contributed by atoms with van der Waals surface area (Å²) in [7, 11) is 0. The van der Waals surface area contributed by atoms with Gasteiger partial charge >= 0.3 is 23.9 Å². The van der Waals surface area contributed by atoms with E-state index in [4.69, 9.17) is 18.6 Å². The van der Waals surface area contributed by atoms with Gasteiger partial charge in [-0.3, -0.25) is 38.5 Å². The van der Waals surface area contributed by atoms with E-state index in [0.717, 1.165) is 55.8 Å². The molecule has 0 aliphatic carbocycles. The first-order chi connectivity index (χ1) is 23.7. The first-order valence-corrected chi connectivity index (χ1v) is 15.6. The van der Waals surface area contributed by atoms with Gasteiger partial charge < -0.3 is 39.5 Å². The van der Waals surface area contributed by atoms with Gasteiger partial charge in [-0.15, -0.1) is 11.8 Å². The number of rotatable bonds is 10. The summed E-state index contributed by atoms with van der Waals surface area (Å²) in [6.45, 7) is 3.00. The van der Waals surface area contributed by atoms with E-state index < -0.39 is 70.0 Å². The van der Waals surface area contributed by atoms with Crippen molar-refractivity contribution in [3.8, 4) is 17.2 Å². The Bertz CT molecular complexity index is 2050. The number of phenolic OH excluding ortho intramolecular Hbond substituents is 1. The number of carboxylic acid groups (broad SMARTS) is 1. The zero-order valence-corrected chi connectivity index (χ0v) is 27.2. The fourth-order valence-corrected chi connectivity index (χ4v) is 6.52. The lowest BCUT2D eigenvalue weighted by molar-refractivity contribution is -0.151. The summed E-state index contributed by atoms with van der Waals surface area (Å²) < 4.78 is 20.5. The molecule has 18 heteroatoms. The van der Waals surface area contributed by atoms with E-state index in [-0.39, 0.29) is 57.4 Å². The van der Waals surface area contributed by atoms with Crippen molar-refractivity contribution in [3.05, 3.63) is 75.3 Å². The molecule has 4 N–H and O–H groups in total. The number of nitrogens with one attached hydrogen (secondary N) is 2. The van der Waals surface area contributed by atoms with Crippen LogP contribution in [0.2, 0.25) is 0 Å². The first kappa shape index (κ1) is 35.1. The van der Waals surface area contributed by atoms with Crippen LogP contribution in [0.15, 0.2) is 63.1 Å². The van der Waals surface area contributed by atoms with E-state index in [1.165, 1.54) is 24.3 Å². The molecule has 2 aliphatic rings. The highest BCUT2D eigenvalue weighted by molar-refractivity contribution is 8.00. The molecule has 0 bridgehead atoms. The van der Waals surface area contributed by atoms with Crippen LogP contribution in [0.25, 0.3) is 11.0 Å². The number of aromatic hydroxyl groups is 1. The Hall–Kier alpha value is -6.17. The predicted molar refractivity (Wildman–Crippen MR) is 170 cm³/mol. The van der Waals surface area contributed by atoms with Crippen molar-refractivity contribution in [2.75, 3.05) is 12.4 Å². The van der Waals surface area contributed by atoms with E-state index in [9.17, 15) is 48.6 Å². The number of hydrogen-bond donors (Lipinski definition) is 4. The van der Waals surface area contributed by atoms with Crippen LogP contribution in [-0.2, 0) is 33.5 Å². The smallest absolute Gasteiger partial charge is 0.352 e. The summed E-state index contributed by atoms with van der Waals surface area (Å²) in [5, 5.41) is 23.4. The van der Waals surface area contributed by atoms with Crippen molar-refractivity contribution in [1.82, 2.24) is 15.5 Å². The van der Waals surface area contributed by atoms with E-state index in [1.807, 2.05) is 0 Å². The Balaban J connectivity index is 1.44. The van der Waals surface area contributed by atoms with Crippen molar-refractivity contribution >= 4 is 64.3 Å². The molecule has 17 nitrogen and oxygen atoms in total. The normalized spacial score (nSPS) is 17.2. The van der Waals surface area contributed by atoms with Gasteiger partial charge in [-0.05, 0) is 23.8 Å². The van der Waals surface area contributed by atoms with Crippen LogP contribution in [0.1, 0.15) is 42.7 Å². The van der Waals surface area contributed by atoms with E-state index in [2.05, 4.69) is 10.6 Å². The zero-order valence-electron chi connectivity index (χ0n) is 26.3. The van der Waals surface area contributed by atoms with Crippen molar-refractivity contribution < 1.29 is 62.4 Å². The molecule has 260 valence electrons. The van der Waals surface area contributed by atoms with Gasteiger partial charge in [0.15, 0.2) is 11.3 Å². The van der Waals surface area contributed by atoms with Crippen LogP contribution in [0, 0.1) is 0 Å². The molecule has 2 aliphatic heterocycles. The quantitative estimate of drug-likeness (QED) is 0.131. The molecule has 1 aromatic heterocycles. The van der Waals surface area contributed by atoms with Crippen LogP contribution in [-0.4, -0.2) is 80.5 Å². The van der Waals surface area contributed by atoms with Gasteiger partial charge in [-0.1, -0.05) is 12.1 Å². The third kappa shape index (κ3) is 7.14. The molecule has 3 atom stereocenters. The van der Waals surface area contributed by atoms with Gasteiger partial charge in [0.25, 0.3) is 11.8 Å². The lowest BCUT2D eigenvalue weighted by Gasteiger charge is -2.49. The standard InChI is InChI=1S/C32H27N3O14S/c1-13(36)46-10-17-12-50-31-24(30(43)35(31)25(17)32(44)45)34-29(42)23(16-4-6-18(39)7-5-16)33-28(41)21-11-47-27-20(26(21)40)8-19(48-14(2)37)9-22(27)49-15(3)38/h4-9,11,23-24,31,39H,10,12H2,1-3H3,(H,33,41)(H,34,42)(H,44,45)/t23?,24-,31+/m1/s1. The van der Waals surface area contributed by atoms with Gasteiger partial charge in [0.05, 0.1) is 5.39 Å². The maximum atomic E-state index is 13.7. The maximum absolute atomic E-state index is 13.7. The Morgan fingerprint density at radius 3 is 2.30 bits per heavy atom. The van der Waals surface area contributed by atoms with Gasteiger partial charge in [-0.25, -0.2) is 4.79 Å². The third-order valence-corrected chi connectivity index (χ3v) is 8.67. The van der Waals surface area contributed by atoms with Gasteiger partial charge in [-0.2, -0.15) is 0 Å². The second-order valence-electron chi connectivity index (χ2n) is 10.9. The molecular weight excluding hydrogens is 682 g/mol. The molecular formula is C32H27N3O14S. The highest BCUT2D eigenvalue weighted by Crippen LogP contribution is 2.40. The predicted octanol–water partition coefficient (Wildman–Crippen LogP) is 1.12. The van der Waals surface area contributed by atoms with Crippen molar-refractivity contribution in [2.45, 2.75) is 38.2 Å². The lowest BCUT2D eigenvalue weighted by atomic mass is 10.0. The number of benzene rings is 2. The number of thioether (sulfide) groups is 1. The van der Waals surface area contributed by atoms with Gasteiger partial charge in [0.2, 0.25) is 11.3 Å². The molecule has 1 saturated heterocycles. The fourth-order valence-electron chi connectivity index (χ4n) is 5.19. The average Bonchev–Trinajstić information content (AvgIpc) is 3.04. The number of carbonyl (C=O) groups excluding carboxylic acids is 6. The van der Waals surface area contributed by atoms with E-state index in [0.29, 0.717) is 0 Å². The fraction of sp³-hybridized carbons (Fsp3) is 0.250. The molecule has 3 aromatic rings. The molecule has 0 radical (unpaired) electrons. The highest BCUT2D eigenvalue weighted by atomic mass is 32.2. The summed E-state index contributed by atoms with van der Waals surface area (Å²) in [5.74, 6) is -6.96. The number of carboxylic acids is 1. The Morgan fingerprint density at radius 2 is 1.68 bits per heavy atom. The molecule has 2 aromatic carbocycles. The van der Waals surface area contributed by atoms with Crippen LogP contribution in [0.3, 0.4) is 0 Å². The van der Waals surface area contributed by atoms with Crippen molar-refractivity contribution in [3.63, 3.8) is 0 Å². The topological polar surface area (TPSA) is 245 Å². The molecule has 5 rings (SSSR count). The molecule has 1 fully saturated rings. The lowest BCUT2D eigenvalue weighted by Crippen LogP contribution is -2.71. The minimum absolute atomic E-state index is 0.0734. The van der Waals surface area contributed by atoms with Crippen molar-refractivity contribution in [1.29, 1.82) is 0 Å². The molecule has 1 unspecified atom stereocenters. The first-order valence-electron chi connectivity index (χ1n) is 14.6. The molecule has 0 saturated carbocycles. The number of phenols is 1. The second-order valence-corrected chi connectivity index (χ2v) is 12.0. The number of hydrogen-bond acceptors (Lipinski definition) is 14. The molecule has 0 spiro atoms. The number of aliphatic carboxylic acids is 1. The Kier molecular flexibility index (Phi) is 9.93. The number of amides is 3. The molecule has 3 heterocycles. The number of β-lactam (4-membered cyclic amide) rings is 1. The monoisotopic (exact) mass is 709 g/mol. The zero-order chi connectivity index (χ0) is 36.4. The number of carbonyl (C=O) groups is 7. The maximum Gasteiger partial charge on any atom is 0.352 e. The minimum atomic E-state index is -1.56. The minimum Gasteiger partial charge on any atom is -0.508 e. The van der Waals surface area contributed by atoms with Crippen LogP contribution < -0.4 is 25.5 Å². The SMILES string of the molecule is CC(=O)OCC1=C(C(=O)O)N2C(=O)[C@@H](NC(=O)C(NC(=O)c3coc4c(OC(C)=O)cc(OC(C)=O)cc4c3=O)c3ccc(O)cc3)[C@@H]2SC1. The number of ether oxygens (including phenoxy) is 3. The summed E-state index contributed by atoms with van der Waals surface area (Å²) in [6.07, 6.45) is 0.781. The summed E-state index contributed by atoms with van der Waals surface area (Å²) in [5.41, 5.74) is -1.84. The average molecular weight is 710 g/mol. The number of nitrogens with zero attached hydrogens (tertiary/aromatic N) is 1. The Labute approximate surface area is 285 Å². The number of fused-ring (bicyclic) bond motifs is 2. The summed E-state index contributed by atoms with van der Waals surface area (Å²) in [4.78, 5) is 102. The van der Waals surface area contributed by atoms with E-state index >= 15 is 0 Å².